The van der Waals surface area contributed by atoms with Crippen LogP contribution in [0.4, 0.5) is 0 Å². The van der Waals surface area contributed by atoms with E-state index in [1.807, 2.05) is 5.31 Å². The first-order valence-corrected chi connectivity index (χ1v) is 9.91. The van der Waals surface area contributed by atoms with Gasteiger partial charge in [-0.3, -0.25) is 0 Å². The zero-order valence-electron chi connectivity index (χ0n) is 10.2. The van der Waals surface area contributed by atoms with Crippen LogP contribution in [0, 0.1) is 0 Å². The van der Waals surface area contributed by atoms with Crippen LogP contribution in [0.1, 0.15) is 40.5 Å². The molecule has 0 aromatic carbocycles. The Hall–Kier alpha value is 0.600. The predicted molar refractivity (Wildman–Crippen MR) is 75.1 cm³/mol. The van der Waals surface area contributed by atoms with Crippen molar-refractivity contribution in [3.8, 4) is 0 Å². The van der Waals surface area contributed by atoms with E-state index in [2.05, 4.69) is 27.7 Å². The molecule has 0 radical (unpaired) electrons. The Morgan fingerprint density at radius 3 is 2.21 bits per heavy atom. The van der Waals surface area contributed by atoms with Crippen LogP contribution in [0.25, 0.3) is 0 Å². The Labute approximate surface area is 92.1 Å². The van der Waals surface area contributed by atoms with Crippen molar-refractivity contribution in [3.05, 3.63) is 10.6 Å². The SMILES string of the molecule is CCC[PH]1(CCC)CCPC(C)=C1C. The van der Waals surface area contributed by atoms with Gasteiger partial charge in [-0.1, -0.05) is 0 Å². The van der Waals surface area contributed by atoms with Crippen molar-refractivity contribution < 1.29 is 0 Å². The van der Waals surface area contributed by atoms with Crippen molar-refractivity contribution in [3.63, 3.8) is 0 Å². The standard InChI is InChI=1S/C12H26P2/c1-5-8-14(9-6-2)10-7-13-11(3)12(14)4/h13-14H,5-10H2,1-4H3. The molecule has 0 nitrogen and oxygen atoms in total. The van der Waals surface area contributed by atoms with Crippen molar-refractivity contribution in [2.75, 3.05) is 24.6 Å². The van der Waals surface area contributed by atoms with E-state index in [0.29, 0.717) is 0 Å². The van der Waals surface area contributed by atoms with Gasteiger partial charge in [-0.2, -0.15) is 0 Å². The number of hydrogen-bond acceptors (Lipinski definition) is 0. The van der Waals surface area contributed by atoms with E-state index in [4.69, 9.17) is 0 Å². The Morgan fingerprint density at radius 1 is 1.14 bits per heavy atom. The second-order valence-electron chi connectivity index (χ2n) is 4.71. The first-order valence-electron chi connectivity index (χ1n) is 6.08. The van der Waals surface area contributed by atoms with E-state index >= 15 is 0 Å². The molecule has 0 spiro atoms. The molecule has 0 saturated carbocycles. The molecule has 14 heavy (non-hydrogen) atoms. The third kappa shape index (κ3) is 2.59. The van der Waals surface area contributed by atoms with Gasteiger partial charge < -0.3 is 0 Å². The third-order valence-electron chi connectivity index (χ3n) is 3.81. The molecule has 0 aromatic rings. The molecule has 0 aliphatic carbocycles. The molecule has 0 aromatic heterocycles. The average Bonchev–Trinajstić information content (AvgIpc) is 2.15. The molecule has 0 N–H and O–H groups in total. The second kappa shape index (κ2) is 5.62. The van der Waals surface area contributed by atoms with Crippen molar-refractivity contribution in [1.82, 2.24) is 0 Å². The summed E-state index contributed by atoms with van der Waals surface area (Å²) in [6, 6.07) is 0. The number of rotatable bonds is 4. The van der Waals surface area contributed by atoms with Crippen LogP contribution in [0.2, 0.25) is 0 Å². The van der Waals surface area contributed by atoms with Crippen molar-refractivity contribution in [2.45, 2.75) is 40.5 Å². The van der Waals surface area contributed by atoms with Gasteiger partial charge in [0, 0.05) is 0 Å². The molecule has 2 heteroatoms. The van der Waals surface area contributed by atoms with Crippen LogP contribution in [0.15, 0.2) is 10.6 Å². The van der Waals surface area contributed by atoms with E-state index in [1.54, 1.807) is 23.8 Å². The monoisotopic (exact) mass is 232 g/mol. The van der Waals surface area contributed by atoms with Gasteiger partial charge in [-0.25, -0.2) is 0 Å². The summed E-state index contributed by atoms with van der Waals surface area (Å²) in [5.74, 6) is 0. The van der Waals surface area contributed by atoms with Gasteiger partial charge in [0.25, 0.3) is 0 Å². The summed E-state index contributed by atoms with van der Waals surface area (Å²) in [5.41, 5.74) is 0. The molecular weight excluding hydrogens is 206 g/mol. The fourth-order valence-corrected chi connectivity index (χ4v) is 11.6. The van der Waals surface area contributed by atoms with Gasteiger partial charge in [0.15, 0.2) is 0 Å². The molecular formula is C12H26P2. The zero-order chi connectivity index (χ0) is 10.6. The van der Waals surface area contributed by atoms with Gasteiger partial charge in [0.1, 0.15) is 0 Å². The Morgan fingerprint density at radius 2 is 1.71 bits per heavy atom. The summed E-state index contributed by atoms with van der Waals surface area (Å²) in [6.45, 7) is 9.58. The summed E-state index contributed by atoms with van der Waals surface area (Å²) in [5, 5.41) is 3.65. The normalized spacial score (nSPS) is 25.4. The maximum atomic E-state index is 2.46. The maximum absolute atomic E-state index is 2.46. The molecule has 1 rings (SSSR count). The molecule has 1 atom stereocenters. The second-order valence-corrected chi connectivity index (χ2v) is 11.1. The summed E-state index contributed by atoms with van der Waals surface area (Å²) in [6.07, 6.45) is 9.01. The summed E-state index contributed by atoms with van der Waals surface area (Å²) in [7, 11) is 0.183. The van der Waals surface area contributed by atoms with Gasteiger partial charge in [-0.05, 0) is 0 Å². The summed E-state index contributed by atoms with van der Waals surface area (Å²) >= 11 is 0. The third-order valence-corrected chi connectivity index (χ3v) is 12.1. The number of hydrogen-bond donors (Lipinski definition) is 0. The molecule has 1 unspecified atom stereocenters. The van der Waals surface area contributed by atoms with Crippen LogP contribution in [-0.2, 0) is 0 Å². The first kappa shape index (κ1) is 12.7. The van der Waals surface area contributed by atoms with Gasteiger partial charge >= 0.3 is 91.7 Å². The Balaban J connectivity index is 2.89. The fourth-order valence-electron chi connectivity index (χ4n) is 2.91. The summed E-state index contributed by atoms with van der Waals surface area (Å²) in [4.78, 5) is 0. The molecule has 0 amide bonds. The minimum absolute atomic E-state index is 0.963. The predicted octanol–water partition coefficient (Wildman–Crippen LogP) is 4.50. The summed E-state index contributed by atoms with van der Waals surface area (Å²) < 4.78 is 0. The van der Waals surface area contributed by atoms with E-state index in [9.17, 15) is 0 Å². The van der Waals surface area contributed by atoms with Gasteiger partial charge in [0.2, 0.25) is 0 Å². The molecule has 1 aliphatic heterocycles. The van der Waals surface area contributed by atoms with Crippen molar-refractivity contribution in [1.29, 1.82) is 0 Å². The van der Waals surface area contributed by atoms with Crippen molar-refractivity contribution in [2.24, 2.45) is 0 Å². The van der Waals surface area contributed by atoms with E-state index in [-0.39, 0.29) is 0 Å². The molecule has 0 fully saturated rings. The topological polar surface area (TPSA) is 0 Å². The van der Waals surface area contributed by atoms with Gasteiger partial charge in [0.05, 0.1) is 0 Å². The molecule has 0 saturated heterocycles. The molecule has 0 bridgehead atoms. The van der Waals surface area contributed by atoms with E-state index in [0.717, 1.165) is 8.58 Å². The van der Waals surface area contributed by atoms with Crippen LogP contribution < -0.4 is 0 Å². The zero-order valence-corrected chi connectivity index (χ0v) is 12.2. The fraction of sp³-hybridized carbons (Fsp3) is 0.833. The molecule has 84 valence electrons. The molecule has 1 heterocycles. The average molecular weight is 232 g/mol. The van der Waals surface area contributed by atoms with Crippen LogP contribution >= 0.6 is 15.8 Å². The van der Waals surface area contributed by atoms with Crippen LogP contribution in [0.3, 0.4) is 0 Å². The first-order chi connectivity index (χ1) is 6.66. The van der Waals surface area contributed by atoms with E-state index < -0.39 is 7.26 Å². The van der Waals surface area contributed by atoms with Crippen LogP contribution in [-0.4, -0.2) is 24.6 Å². The van der Waals surface area contributed by atoms with Gasteiger partial charge in [-0.15, -0.1) is 0 Å². The quantitative estimate of drug-likeness (QED) is 0.626. The minimum atomic E-state index is -0.963. The Bertz CT molecular complexity index is 212. The van der Waals surface area contributed by atoms with Crippen LogP contribution in [0.5, 0.6) is 0 Å². The number of allylic oxidation sites excluding steroid dienone is 2. The molecule has 1 aliphatic rings. The Kier molecular flexibility index (Phi) is 5.09. The van der Waals surface area contributed by atoms with E-state index in [1.165, 1.54) is 19.0 Å². The van der Waals surface area contributed by atoms with Crippen molar-refractivity contribution >= 4 is 15.8 Å².